The number of hydrogen-bond acceptors (Lipinski definition) is 3. The van der Waals surface area contributed by atoms with Gasteiger partial charge in [0, 0.05) is 24.7 Å². The molecule has 0 radical (unpaired) electrons. The molecule has 1 aromatic carbocycles. The maximum atomic E-state index is 12.7. The van der Waals surface area contributed by atoms with Crippen molar-refractivity contribution < 1.29 is 4.79 Å². The maximum Gasteiger partial charge on any atom is 0.253 e. The number of hydrogen-bond donors (Lipinski definition) is 1. The minimum Gasteiger partial charge on any atom is -0.338 e. The van der Waals surface area contributed by atoms with Crippen LogP contribution in [0.2, 0.25) is 0 Å². The molecular formula is C17H24N4O. The summed E-state index contributed by atoms with van der Waals surface area (Å²) in [6, 6.07) is 6.18. The normalized spacial score (nSPS) is 19.1. The zero-order valence-corrected chi connectivity index (χ0v) is 13.3. The topological polar surface area (TPSA) is 64.2 Å². The molecule has 1 amide bonds. The van der Waals surface area contributed by atoms with E-state index >= 15 is 0 Å². The first kappa shape index (κ1) is 15.0. The highest BCUT2D eigenvalue weighted by Crippen LogP contribution is 2.22. The van der Waals surface area contributed by atoms with Gasteiger partial charge in [-0.05, 0) is 57.4 Å². The van der Waals surface area contributed by atoms with Gasteiger partial charge in [0.05, 0.1) is 17.4 Å². The van der Waals surface area contributed by atoms with Gasteiger partial charge in [-0.2, -0.15) is 0 Å². The van der Waals surface area contributed by atoms with Crippen LogP contribution in [0.3, 0.4) is 0 Å². The van der Waals surface area contributed by atoms with Crippen molar-refractivity contribution >= 4 is 16.9 Å². The molecule has 3 rings (SSSR count). The van der Waals surface area contributed by atoms with Gasteiger partial charge in [0.15, 0.2) is 0 Å². The summed E-state index contributed by atoms with van der Waals surface area (Å²) in [4.78, 5) is 19.1. The van der Waals surface area contributed by atoms with E-state index in [1.807, 2.05) is 29.4 Å². The van der Waals surface area contributed by atoms with E-state index in [1.54, 1.807) is 0 Å². The monoisotopic (exact) mass is 300 g/mol. The standard InChI is InChI=1S/C17H24N4O/c1-12(2)21-11-19-15-8-14(5-6-16(15)21)17(22)20-7-3-4-13(9-18)10-20/h5-6,8,11-13H,3-4,7,9-10,18H2,1-2H3/t13-/m0/s1. The fourth-order valence-electron chi connectivity index (χ4n) is 3.20. The molecule has 2 N–H and O–H groups in total. The largest absolute Gasteiger partial charge is 0.338 e. The summed E-state index contributed by atoms with van der Waals surface area (Å²) in [5, 5.41) is 0. The summed E-state index contributed by atoms with van der Waals surface area (Å²) in [6.07, 6.45) is 4.00. The average molecular weight is 300 g/mol. The van der Waals surface area contributed by atoms with E-state index < -0.39 is 0 Å². The quantitative estimate of drug-likeness (QED) is 0.947. The van der Waals surface area contributed by atoms with Gasteiger partial charge in [-0.1, -0.05) is 0 Å². The van der Waals surface area contributed by atoms with Crippen molar-refractivity contribution in [2.24, 2.45) is 11.7 Å². The molecule has 1 saturated heterocycles. The molecule has 0 saturated carbocycles. The molecule has 1 aromatic heterocycles. The number of carbonyl (C=O) groups excluding carboxylic acids is 1. The van der Waals surface area contributed by atoms with Crippen LogP contribution in [0.25, 0.3) is 11.0 Å². The molecule has 1 fully saturated rings. The second-order valence-corrected chi connectivity index (χ2v) is 6.44. The van der Waals surface area contributed by atoms with Gasteiger partial charge >= 0.3 is 0 Å². The molecule has 2 heterocycles. The minimum atomic E-state index is 0.0964. The highest BCUT2D eigenvalue weighted by molar-refractivity contribution is 5.97. The van der Waals surface area contributed by atoms with Crippen molar-refractivity contribution in [1.29, 1.82) is 0 Å². The number of fused-ring (bicyclic) bond motifs is 1. The fraction of sp³-hybridized carbons (Fsp3) is 0.529. The molecule has 0 unspecified atom stereocenters. The highest BCUT2D eigenvalue weighted by atomic mass is 16.2. The smallest absolute Gasteiger partial charge is 0.253 e. The number of aromatic nitrogens is 2. The van der Waals surface area contributed by atoms with Crippen LogP contribution >= 0.6 is 0 Å². The number of imidazole rings is 1. The van der Waals surface area contributed by atoms with Crippen molar-refractivity contribution in [2.45, 2.75) is 32.7 Å². The van der Waals surface area contributed by atoms with Gasteiger partial charge in [-0.25, -0.2) is 4.98 Å². The molecule has 1 aliphatic rings. The fourth-order valence-corrected chi connectivity index (χ4v) is 3.20. The predicted octanol–water partition coefficient (Wildman–Crippen LogP) is 2.43. The van der Waals surface area contributed by atoms with E-state index in [1.165, 1.54) is 0 Å². The summed E-state index contributed by atoms with van der Waals surface area (Å²) < 4.78 is 2.12. The van der Waals surface area contributed by atoms with Gasteiger partial charge < -0.3 is 15.2 Å². The van der Waals surface area contributed by atoms with E-state index in [0.29, 0.717) is 18.5 Å². The molecule has 5 nitrogen and oxygen atoms in total. The summed E-state index contributed by atoms with van der Waals surface area (Å²) in [5.41, 5.74) is 8.44. The van der Waals surface area contributed by atoms with Gasteiger partial charge in [0.2, 0.25) is 0 Å². The summed E-state index contributed by atoms with van der Waals surface area (Å²) >= 11 is 0. The number of carbonyl (C=O) groups is 1. The summed E-state index contributed by atoms with van der Waals surface area (Å²) in [6.45, 7) is 6.50. The average Bonchev–Trinajstić information content (AvgIpc) is 2.97. The minimum absolute atomic E-state index is 0.0964. The van der Waals surface area contributed by atoms with Crippen LogP contribution in [-0.2, 0) is 0 Å². The third-order valence-corrected chi connectivity index (χ3v) is 4.52. The summed E-state index contributed by atoms with van der Waals surface area (Å²) in [5.74, 6) is 0.528. The number of piperidine rings is 1. The molecule has 0 aliphatic carbocycles. The molecule has 22 heavy (non-hydrogen) atoms. The summed E-state index contributed by atoms with van der Waals surface area (Å²) in [7, 11) is 0. The zero-order chi connectivity index (χ0) is 15.7. The Hall–Kier alpha value is -1.88. The lowest BCUT2D eigenvalue weighted by Crippen LogP contribution is -2.42. The first-order valence-corrected chi connectivity index (χ1v) is 8.06. The van der Waals surface area contributed by atoms with Crippen molar-refractivity contribution in [1.82, 2.24) is 14.5 Å². The van der Waals surface area contributed by atoms with Crippen LogP contribution in [0.5, 0.6) is 0 Å². The third kappa shape index (κ3) is 2.73. The van der Waals surface area contributed by atoms with Gasteiger partial charge in [-0.15, -0.1) is 0 Å². The highest BCUT2D eigenvalue weighted by Gasteiger charge is 2.24. The van der Waals surface area contributed by atoms with Crippen LogP contribution in [0, 0.1) is 5.92 Å². The SMILES string of the molecule is CC(C)n1cnc2cc(C(=O)N3CCC[C@@H](CN)C3)ccc21. The first-order chi connectivity index (χ1) is 10.6. The second kappa shape index (κ2) is 6.08. The van der Waals surface area contributed by atoms with Crippen LogP contribution in [0.4, 0.5) is 0 Å². The Balaban J connectivity index is 1.85. The van der Waals surface area contributed by atoms with E-state index in [2.05, 4.69) is 23.4 Å². The van der Waals surface area contributed by atoms with Crippen molar-refractivity contribution in [2.75, 3.05) is 19.6 Å². The van der Waals surface area contributed by atoms with E-state index in [0.717, 1.165) is 42.5 Å². The van der Waals surface area contributed by atoms with E-state index in [9.17, 15) is 4.79 Å². The Morgan fingerprint density at radius 3 is 3.00 bits per heavy atom. The van der Waals surface area contributed by atoms with Gasteiger partial charge in [-0.3, -0.25) is 4.79 Å². The maximum absolute atomic E-state index is 12.7. The number of nitrogens with zero attached hydrogens (tertiary/aromatic N) is 3. The molecule has 1 aliphatic heterocycles. The van der Waals surface area contributed by atoms with Crippen LogP contribution < -0.4 is 5.73 Å². The van der Waals surface area contributed by atoms with Gasteiger partial charge in [0.25, 0.3) is 5.91 Å². The lowest BCUT2D eigenvalue weighted by molar-refractivity contribution is 0.0678. The van der Waals surface area contributed by atoms with Crippen LogP contribution in [0.1, 0.15) is 43.1 Å². The Morgan fingerprint density at radius 1 is 1.45 bits per heavy atom. The molecule has 5 heteroatoms. The number of nitrogens with two attached hydrogens (primary N) is 1. The Bertz CT molecular complexity index is 676. The molecule has 2 aromatic rings. The lowest BCUT2D eigenvalue weighted by Gasteiger charge is -2.32. The second-order valence-electron chi connectivity index (χ2n) is 6.44. The number of rotatable bonds is 3. The molecule has 0 bridgehead atoms. The van der Waals surface area contributed by atoms with Crippen LogP contribution in [0.15, 0.2) is 24.5 Å². The van der Waals surface area contributed by atoms with E-state index in [-0.39, 0.29) is 5.91 Å². The van der Waals surface area contributed by atoms with E-state index in [4.69, 9.17) is 5.73 Å². The third-order valence-electron chi connectivity index (χ3n) is 4.52. The molecule has 118 valence electrons. The Morgan fingerprint density at radius 2 is 2.27 bits per heavy atom. The molecule has 0 spiro atoms. The van der Waals surface area contributed by atoms with Crippen LogP contribution in [-0.4, -0.2) is 40.0 Å². The first-order valence-electron chi connectivity index (χ1n) is 8.06. The number of amides is 1. The van der Waals surface area contributed by atoms with Crippen molar-refractivity contribution in [3.8, 4) is 0 Å². The Labute approximate surface area is 131 Å². The predicted molar refractivity (Wildman–Crippen MR) is 87.8 cm³/mol. The molecular weight excluding hydrogens is 276 g/mol. The lowest BCUT2D eigenvalue weighted by atomic mass is 9.97. The van der Waals surface area contributed by atoms with Crippen molar-refractivity contribution in [3.63, 3.8) is 0 Å². The Kier molecular flexibility index (Phi) is 4.16. The number of benzene rings is 1. The number of likely N-dealkylation sites (tertiary alicyclic amines) is 1. The zero-order valence-electron chi connectivity index (χ0n) is 13.3. The van der Waals surface area contributed by atoms with Crippen molar-refractivity contribution in [3.05, 3.63) is 30.1 Å². The van der Waals surface area contributed by atoms with Gasteiger partial charge in [0.1, 0.15) is 0 Å². The molecule has 1 atom stereocenters.